The lowest BCUT2D eigenvalue weighted by molar-refractivity contribution is -0.138. The van der Waals surface area contributed by atoms with Crippen molar-refractivity contribution in [3.05, 3.63) is 18.2 Å². The van der Waals surface area contributed by atoms with Gasteiger partial charge >= 0.3 is 12.1 Å². The second-order valence-electron chi connectivity index (χ2n) is 3.29. The van der Waals surface area contributed by atoms with Crippen molar-refractivity contribution in [3.8, 4) is 0 Å². The number of aryl methyl sites for hydroxylation is 1. The molecule has 1 amide bonds. The van der Waals surface area contributed by atoms with Crippen molar-refractivity contribution in [3.63, 3.8) is 0 Å². The van der Waals surface area contributed by atoms with Crippen molar-refractivity contribution in [1.29, 1.82) is 0 Å². The van der Waals surface area contributed by atoms with Gasteiger partial charge in [-0.3, -0.25) is 4.90 Å². The van der Waals surface area contributed by atoms with Crippen molar-refractivity contribution < 1.29 is 19.4 Å². The number of amides is 1. The van der Waals surface area contributed by atoms with Crippen molar-refractivity contribution in [1.82, 2.24) is 9.97 Å². The molecule has 2 rings (SSSR count). The summed E-state index contributed by atoms with van der Waals surface area (Å²) in [5, 5.41) is 8.90. The molecule has 7 nitrogen and oxygen atoms in total. The average molecular weight is 223 g/mol. The largest absolute Gasteiger partial charge is 0.480 e. The average Bonchev–Trinajstić information content (AvgIpc) is 2.62. The topological polar surface area (TPSA) is 92.6 Å². The Balaban J connectivity index is 2.33. The molecule has 16 heavy (non-hydrogen) atoms. The Labute approximate surface area is 90.7 Å². The summed E-state index contributed by atoms with van der Waals surface area (Å²) in [6.07, 6.45) is 2.09. The molecule has 84 valence electrons. The van der Waals surface area contributed by atoms with Crippen LogP contribution in [0.3, 0.4) is 0 Å². The standard InChI is InChI=1S/C9H9N3O4/c1-5-10-2-6(3-11-5)12-7(8(13)14)4-16-9(12)15/h2-3,7H,4H2,1H3,(H,13,14). The number of anilines is 1. The molecule has 0 saturated carbocycles. The zero-order chi connectivity index (χ0) is 11.7. The van der Waals surface area contributed by atoms with E-state index in [2.05, 4.69) is 14.7 Å². The fraction of sp³-hybridized carbons (Fsp3) is 0.333. The molecular weight excluding hydrogens is 214 g/mol. The highest BCUT2D eigenvalue weighted by Gasteiger charge is 2.39. The Morgan fingerprint density at radius 3 is 2.75 bits per heavy atom. The van der Waals surface area contributed by atoms with Gasteiger partial charge in [-0.15, -0.1) is 0 Å². The summed E-state index contributed by atoms with van der Waals surface area (Å²) in [5.74, 6) is -0.574. The van der Waals surface area contributed by atoms with Crippen molar-refractivity contribution >= 4 is 17.7 Å². The van der Waals surface area contributed by atoms with E-state index in [0.717, 1.165) is 4.90 Å². The fourth-order valence-electron chi connectivity index (χ4n) is 1.40. The summed E-state index contributed by atoms with van der Waals surface area (Å²) in [6.45, 7) is 1.53. The predicted octanol–water partition coefficient (Wildman–Crippen LogP) is 0.195. The van der Waals surface area contributed by atoms with Gasteiger partial charge in [0.05, 0.1) is 18.1 Å². The maximum atomic E-state index is 11.4. The van der Waals surface area contributed by atoms with Gasteiger partial charge in [-0.2, -0.15) is 0 Å². The number of ether oxygens (including phenoxy) is 1. The maximum absolute atomic E-state index is 11.4. The van der Waals surface area contributed by atoms with Gasteiger partial charge in [-0.25, -0.2) is 19.6 Å². The van der Waals surface area contributed by atoms with Crippen LogP contribution in [-0.2, 0) is 9.53 Å². The Morgan fingerprint density at radius 1 is 1.56 bits per heavy atom. The van der Waals surface area contributed by atoms with E-state index in [-0.39, 0.29) is 6.61 Å². The van der Waals surface area contributed by atoms with E-state index >= 15 is 0 Å². The highest BCUT2D eigenvalue weighted by Crippen LogP contribution is 2.21. The third-order valence-electron chi connectivity index (χ3n) is 2.20. The first-order valence-corrected chi connectivity index (χ1v) is 4.57. The lowest BCUT2D eigenvalue weighted by Gasteiger charge is -2.16. The number of aromatic nitrogens is 2. The van der Waals surface area contributed by atoms with Gasteiger partial charge in [0.1, 0.15) is 12.4 Å². The molecule has 1 atom stereocenters. The number of carboxylic acids is 1. The quantitative estimate of drug-likeness (QED) is 0.769. The Bertz CT molecular complexity index is 431. The van der Waals surface area contributed by atoms with E-state index in [0.29, 0.717) is 11.5 Å². The van der Waals surface area contributed by atoms with E-state index in [1.54, 1.807) is 6.92 Å². The molecule has 7 heteroatoms. The molecule has 0 aromatic carbocycles. The lowest BCUT2D eigenvalue weighted by atomic mass is 10.3. The van der Waals surface area contributed by atoms with Crippen LogP contribution < -0.4 is 4.90 Å². The summed E-state index contributed by atoms with van der Waals surface area (Å²) in [6, 6.07) is -1.01. The predicted molar refractivity (Wildman–Crippen MR) is 52.0 cm³/mol. The highest BCUT2D eigenvalue weighted by atomic mass is 16.6. The molecule has 1 saturated heterocycles. The molecular formula is C9H9N3O4. The molecule has 1 N–H and O–H groups in total. The molecule has 1 aliphatic heterocycles. The smallest absolute Gasteiger partial charge is 0.415 e. The third kappa shape index (κ3) is 1.67. The molecule has 0 spiro atoms. The maximum Gasteiger partial charge on any atom is 0.415 e. The molecule has 1 aromatic rings. The van der Waals surface area contributed by atoms with Crippen LogP contribution in [0, 0.1) is 6.92 Å². The first kappa shape index (κ1) is 10.3. The van der Waals surface area contributed by atoms with Gasteiger partial charge in [0.2, 0.25) is 0 Å². The number of carbonyl (C=O) groups is 2. The van der Waals surface area contributed by atoms with E-state index in [9.17, 15) is 9.59 Å². The van der Waals surface area contributed by atoms with Crippen LogP contribution in [0.4, 0.5) is 10.5 Å². The highest BCUT2D eigenvalue weighted by molar-refractivity contribution is 5.97. The van der Waals surface area contributed by atoms with Crippen LogP contribution in [0.25, 0.3) is 0 Å². The van der Waals surface area contributed by atoms with Gasteiger partial charge in [-0.05, 0) is 6.92 Å². The van der Waals surface area contributed by atoms with E-state index in [1.807, 2.05) is 0 Å². The minimum atomic E-state index is -1.12. The second kappa shape index (κ2) is 3.76. The van der Waals surface area contributed by atoms with Gasteiger partial charge in [0.15, 0.2) is 6.04 Å². The first-order valence-electron chi connectivity index (χ1n) is 4.57. The summed E-state index contributed by atoms with van der Waals surface area (Å²) in [4.78, 5) is 31.1. The number of carbonyl (C=O) groups excluding carboxylic acids is 1. The molecule has 0 aliphatic carbocycles. The number of carboxylic acid groups (broad SMARTS) is 1. The molecule has 0 radical (unpaired) electrons. The SMILES string of the molecule is Cc1ncc(N2C(=O)OCC2C(=O)O)cn1. The number of cyclic esters (lactones) is 1. The van der Waals surface area contributed by atoms with Crippen LogP contribution in [0.1, 0.15) is 5.82 Å². The molecule has 2 heterocycles. The van der Waals surface area contributed by atoms with E-state index in [1.165, 1.54) is 12.4 Å². The van der Waals surface area contributed by atoms with Gasteiger partial charge in [0, 0.05) is 0 Å². The zero-order valence-electron chi connectivity index (χ0n) is 8.45. The zero-order valence-corrected chi connectivity index (χ0v) is 8.45. The summed E-state index contributed by atoms with van der Waals surface area (Å²) in [7, 11) is 0. The van der Waals surface area contributed by atoms with Gasteiger partial charge < -0.3 is 9.84 Å². The van der Waals surface area contributed by atoms with Crippen molar-refractivity contribution in [2.45, 2.75) is 13.0 Å². The molecule has 1 fully saturated rings. The number of hydrogen-bond acceptors (Lipinski definition) is 5. The summed E-state index contributed by atoms with van der Waals surface area (Å²) < 4.78 is 4.67. The summed E-state index contributed by atoms with van der Waals surface area (Å²) >= 11 is 0. The third-order valence-corrected chi connectivity index (χ3v) is 2.20. The number of nitrogens with zero attached hydrogens (tertiary/aromatic N) is 3. The number of hydrogen-bond donors (Lipinski definition) is 1. The molecule has 1 unspecified atom stereocenters. The van der Waals surface area contributed by atoms with E-state index in [4.69, 9.17) is 5.11 Å². The van der Waals surface area contributed by atoms with Gasteiger partial charge in [0.25, 0.3) is 0 Å². The second-order valence-corrected chi connectivity index (χ2v) is 3.29. The number of rotatable bonds is 2. The molecule has 0 bridgehead atoms. The minimum absolute atomic E-state index is 0.165. The van der Waals surface area contributed by atoms with Crippen LogP contribution >= 0.6 is 0 Å². The van der Waals surface area contributed by atoms with E-state index < -0.39 is 18.1 Å². The van der Waals surface area contributed by atoms with Crippen LogP contribution in [-0.4, -0.2) is 39.8 Å². The number of aliphatic carboxylic acids is 1. The fourth-order valence-corrected chi connectivity index (χ4v) is 1.40. The monoisotopic (exact) mass is 223 g/mol. The summed E-state index contributed by atoms with van der Waals surface area (Å²) in [5.41, 5.74) is 0.320. The first-order chi connectivity index (χ1) is 7.59. The van der Waals surface area contributed by atoms with Crippen molar-refractivity contribution in [2.24, 2.45) is 0 Å². The minimum Gasteiger partial charge on any atom is -0.480 e. The van der Waals surface area contributed by atoms with Crippen molar-refractivity contribution in [2.75, 3.05) is 11.5 Å². The molecule has 1 aromatic heterocycles. The van der Waals surface area contributed by atoms with Crippen LogP contribution in [0.2, 0.25) is 0 Å². The molecule has 1 aliphatic rings. The lowest BCUT2D eigenvalue weighted by Crippen LogP contribution is -2.39. The Morgan fingerprint density at radius 2 is 2.19 bits per heavy atom. The normalized spacial score (nSPS) is 19.7. The van der Waals surface area contributed by atoms with Crippen LogP contribution in [0.15, 0.2) is 12.4 Å². The van der Waals surface area contributed by atoms with Crippen LogP contribution in [0.5, 0.6) is 0 Å². The Hall–Kier alpha value is -2.18. The Kier molecular flexibility index (Phi) is 2.43. The van der Waals surface area contributed by atoms with Gasteiger partial charge in [-0.1, -0.05) is 0 Å².